The number of benzene rings is 3. The zero-order valence-electron chi connectivity index (χ0n) is 23.8. The van der Waals surface area contributed by atoms with Gasteiger partial charge in [0.15, 0.2) is 0 Å². The average molecular weight is 568 g/mol. The minimum atomic E-state index is -0.283. The zero-order chi connectivity index (χ0) is 28.3. The molecule has 2 saturated heterocycles. The molecule has 0 radical (unpaired) electrons. The van der Waals surface area contributed by atoms with E-state index in [2.05, 4.69) is 91.9 Å². The molecule has 3 aromatic carbocycles. The zero-order valence-corrected chi connectivity index (χ0v) is 23.8. The highest BCUT2D eigenvalue weighted by molar-refractivity contribution is 5.92. The number of aromatic nitrogens is 5. The van der Waals surface area contributed by atoms with Crippen molar-refractivity contribution in [3.8, 4) is 39.5 Å². The van der Waals surface area contributed by atoms with Crippen molar-refractivity contribution in [2.45, 2.75) is 44.0 Å². The van der Waals surface area contributed by atoms with Crippen molar-refractivity contribution in [1.29, 1.82) is 0 Å². The second-order valence-electron chi connectivity index (χ2n) is 11.9. The molecular weight excluding hydrogens is 534 g/mol. The summed E-state index contributed by atoms with van der Waals surface area (Å²) in [6.45, 7) is 2.10. The van der Waals surface area contributed by atoms with Crippen molar-refractivity contribution in [2.24, 2.45) is 0 Å². The van der Waals surface area contributed by atoms with E-state index in [4.69, 9.17) is 14.7 Å². The second-order valence-corrected chi connectivity index (χ2v) is 11.9. The molecule has 2 unspecified atom stereocenters. The van der Waals surface area contributed by atoms with E-state index in [1.165, 1.54) is 18.2 Å². The molecule has 3 aromatic heterocycles. The fourth-order valence-electron chi connectivity index (χ4n) is 7.03. The first-order valence-electron chi connectivity index (χ1n) is 15.4. The van der Waals surface area contributed by atoms with Gasteiger partial charge in [0.25, 0.3) is 0 Å². The summed E-state index contributed by atoms with van der Waals surface area (Å²) in [6, 6.07) is 26.6. The average Bonchev–Trinajstić information content (AvgIpc) is 3.89. The van der Waals surface area contributed by atoms with Crippen LogP contribution < -0.4 is 15.4 Å². The normalized spacial score (nSPS) is 21.2. The molecule has 0 aliphatic carbocycles. The van der Waals surface area contributed by atoms with Gasteiger partial charge in [0.1, 0.15) is 17.4 Å². The van der Waals surface area contributed by atoms with E-state index < -0.39 is 0 Å². The summed E-state index contributed by atoms with van der Waals surface area (Å²) in [7, 11) is 0. The molecule has 8 nitrogen and oxygen atoms in total. The first kappa shape index (κ1) is 24.9. The van der Waals surface area contributed by atoms with Crippen LogP contribution in [0.1, 0.15) is 61.2 Å². The number of imidazole rings is 2. The number of hydrogen-bond donors (Lipinski definition) is 4. The standard InChI is InChI=1S/C35H33N7O/c1-2-6-21(7-3-1)35-42-30-13-11-22(28-19-38-33(40-28)26-8-4-14-36-26)16-24(30)17-31(42)25-12-10-23(18-32(25)43-35)29-20-39-34(41-29)27-9-5-15-37-27/h1-3,6-7,10-13,16-20,26-27,35-37H,4-5,8-9,14-15H2,(H,38,40)(H,39,41)/t26?,27-,35?/m0/s1. The van der Waals surface area contributed by atoms with Crippen LogP contribution in [0.15, 0.2) is 85.2 Å². The maximum absolute atomic E-state index is 6.85. The van der Waals surface area contributed by atoms with E-state index in [0.29, 0.717) is 12.1 Å². The van der Waals surface area contributed by atoms with Gasteiger partial charge in [0.2, 0.25) is 6.23 Å². The lowest BCUT2D eigenvalue weighted by Gasteiger charge is -2.30. The van der Waals surface area contributed by atoms with Crippen molar-refractivity contribution in [2.75, 3.05) is 13.1 Å². The van der Waals surface area contributed by atoms with E-state index in [1.54, 1.807) is 0 Å². The molecule has 0 bridgehead atoms. The second kappa shape index (κ2) is 9.97. The van der Waals surface area contributed by atoms with E-state index >= 15 is 0 Å². The van der Waals surface area contributed by atoms with Crippen LogP contribution in [0.4, 0.5) is 0 Å². The van der Waals surface area contributed by atoms with Crippen molar-refractivity contribution < 1.29 is 4.74 Å². The smallest absolute Gasteiger partial charge is 0.203 e. The largest absolute Gasteiger partial charge is 0.465 e. The molecule has 8 heteroatoms. The Morgan fingerprint density at radius 1 is 0.721 bits per heavy atom. The number of hydrogen-bond acceptors (Lipinski definition) is 5. The molecule has 0 amide bonds. The molecule has 43 heavy (non-hydrogen) atoms. The quantitative estimate of drug-likeness (QED) is 0.182. The van der Waals surface area contributed by atoms with E-state index in [0.717, 1.165) is 88.2 Å². The van der Waals surface area contributed by atoms with Gasteiger partial charge in [-0.05, 0) is 69.1 Å². The number of rotatable bonds is 5. The number of H-pyrrole nitrogens is 2. The van der Waals surface area contributed by atoms with Crippen LogP contribution in [-0.4, -0.2) is 37.6 Å². The number of aromatic amines is 2. The Bertz CT molecular complexity index is 1940. The minimum Gasteiger partial charge on any atom is -0.465 e. The third kappa shape index (κ3) is 4.20. The molecule has 3 aliphatic heterocycles. The molecule has 214 valence electrons. The van der Waals surface area contributed by atoms with Crippen LogP contribution in [-0.2, 0) is 0 Å². The molecule has 4 N–H and O–H groups in total. The highest BCUT2D eigenvalue weighted by atomic mass is 16.5. The minimum absolute atomic E-state index is 0.283. The molecule has 9 rings (SSSR count). The van der Waals surface area contributed by atoms with Crippen LogP contribution in [0, 0.1) is 0 Å². The Morgan fingerprint density at radius 2 is 1.40 bits per heavy atom. The molecule has 6 aromatic rings. The number of fused-ring (bicyclic) bond motifs is 5. The molecule has 3 aliphatic rings. The maximum Gasteiger partial charge on any atom is 0.203 e. The van der Waals surface area contributed by atoms with E-state index in [1.807, 2.05) is 18.5 Å². The lowest BCUT2D eigenvalue weighted by atomic mass is 10.0. The Balaban J connectivity index is 1.13. The molecule has 3 atom stereocenters. The summed E-state index contributed by atoms with van der Waals surface area (Å²) in [5.41, 5.74) is 8.74. The SMILES string of the molecule is c1ccc(C2Oc3cc(-c4cnc([C@@H]5CCCN5)[nH]4)ccc3-c3cc4cc(-c5cnc(C6CCCN6)[nH]5)ccc4n32)cc1. The summed E-state index contributed by atoms with van der Waals surface area (Å²) in [4.78, 5) is 16.5. The van der Waals surface area contributed by atoms with Gasteiger partial charge in [-0.25, -0.2) is 9.97 Å². The fraction of sp³-hybridized carbons (Fsp3) is 0.257. The predicted octanol–water partition coefficient (Wildman–Crippen LogP) is 6.88. The van der Waals surface area contributed by atoms with E-state index in [-0.39, 0.29) is 6.23 Å². The van der Waals surface area contributed by atoms with Gasteiger partial charge in [-0.15, -0.1) is 0 Å². The summed E-state index contributed by atoms with van der Waals surface area (Å²) in [5.74, 6) is 2.90. The molecule has 2 fully saturated rings. The maximum atomic E-state index is 6.85. The predicted molar refractivity (Wildman–Crippen MR) is 168 cm³/mol. The van der Waals surface area contributed by atoms with Crippen molar-refractivity contribution in [1.82, 2.24) is 35.1 Å². The third-order valence-electron chi connectivity index (χ3n) is 9.25. The monoisotopic (exact) mass is 567 g/mol. The Hall–Kier alpha value is -4.66. The third-order valence-corrected chi connectivity index (χ3v) is 9.25. The Kier molecular flexibility index (Phi) is 5.77. The number of nitrogens with one attached hydrogen (secondary N) is 4. The van der Waals surface area contributed by atoms with Crippen LogP contribution in [0.25, 0.3) is 44.7 Å². The first-order chi connectivity index (χ1) is 21.3. The van der Waals surface area contributed by atoms with Gasteiger partial charge in [-0.3, -0.25) is 0 Å². The first-order valence-corrected chi connectivity index (χ1v) is 15.4. The molecule has 0 spiro atoms. The van der Waals surface area contributed by atoms with Crippen LogP contribution in [0.2, 0.25) is 0 Å². The summed E-state index contributed by atoms with van der Waals surface area (Å²) < 4.78 is 9.18. The number of nitrogens with zero attached hydrogens (tertiary/aromatic N) is 3. The van der Waals surface area contributed by atoms with Gasteiger partial charge >= 0.3 is 0 Å². The Labute approximate surface area is 249 Å². The summed E-state index contributed by atoms with van der Waals surface area (Å²) in [6.07, 6.45) is 8.24. The van der Waals surface area contributed by atoms with Gasteiger partial charge in [-0.1, -0.05) is 42.5 Å². The van der Waals surface area contributed by atoms with Crippen LogP contribution in [0.3, 0.4) is 0 Å². The lowest BCUT2D eigenvalue weighted by molar-refractivity contribution is 0.173. The lowest BCUT2D eigenvalue weighted by Crippen LogP contribution is -2.22. The highest BCUT2D eigenvalue weighted by Gasteiger charge is 2.30. The van der Waals surface area contributed by atoms with Crippen molar-refractivity contribution in [3.05, 3.63) is 102 Å². The van der Waals surface area contributed by atoms with E-state index in [9.17, 15) is 0 Å². The Morgan fingerprint density at radius 3 is 2.07 bits per heavy atom. The van der Waals surface area contributed by atoms with Gasteiger partial charge in [0.05, 0.1) is 47.1 Å². The topological polar surface area (TPSA) is 95.6 Å². The van der Waals surface area contributed by atoms with Crippen LogP contribution >= 0.6 is 0 Å². The summed E-state index contributed by atoms with van der Waals surface area (Å²) in [5, 5.41) is 8.25. The molecular formula is C35H33N7O. The van der Waals surface area contributed by atoms with Crippen molar-refractivity contribution in [3.63, 3.8) is 0 Å². The number of ether oxygens (including phenoxy) is 1. The summed E-state index contributed by atoms with van der Waals surface area (Å²) >= 11 is 0. The molecule has 6 heterocycles. The van der Waals surface area contributed by atoms with Gasteiger partial charge < -0.3 is 29.9 Å². The van der Waals surface area contributed by atoms with Gasteiger partial charge in [-0.2, -0.15) is 0 Å². The fourth-order valence-corrected chi connectivity index (χ4v) is 7.03. The van der Waals surface area contributed by atoms with Crippen LogP contribution in [0.5, 0.6) is 5.75 Å². The highest BCUT2D eigenvalue weighted by Crippen LogP contribution is 2.46. The molecule has 0 saturated carbocycles. The van der Waals surface area contributed by atoms with Crippen molar-refractivity contribution >= 4 is 10.9 Å². The van der Waals surface area contributed by atoms with Gasteiger partial charge in [0, 0.05) is 27.6 Å².